The summed E-state index contributed by atoms with van der Waals surface area (Å²) in [6.07, 6.45) is 12.5. The summed E-state index contributed by atoms with van der Waals surface area (Å²) < 4.78 is 1.65. The Morgan fingerprint density at radius 2 is 2.00 bits per heavy atom. The highest BCUT2D eigenvalue weighted by atomic mass is 16.3. The van der Waals surface area contributed by atoms with Gasteiger partial charge in [0.05, 0.1) is 23.9 Å². The van der Waals surface area contributed by atoms with Crippen LogP contribution in [0.1, 0.15) is 77.7 Å². The number of nitrogens with zero attached hydrogens (tertiary/aromatic N) is 3. The molecule has 1 N–H and O–H groups in total. The smallest absolute Gasteiger partial charge is 0.158 e. The van der Waals surface area contributed by atoms with Crippen LogP contribution in [0, 0.1) is 58.2 Å². The molecule has 5 rings (SSSR count). The number of Topliss-reactive ketones (excluding diaryl/α,β-unsaturated/α-hetero) is 1. The Morgan fingerprint density at radius 3 is 2.74 bits per heavy atom. The zero-order chi connectivity index (χ0) is 22.0. The number of ketones is 1. The first kappa shape index (κ1) is 21.2. The molecule has 4 fully saturated rings. The molecule has 9 atom stereocenters. The van der Waals surface area contributed by atoms with Gasteiger partial charge in [0.1, 0.15) is 6.07 Å². The molecule has 1 unspecified atom stereocenters. The maximum Gasteiger partial charge on any atom is 0.158 e. The number of aromatic nitrogens is 2. The number of aliphatic hydroxyl groups is 1. The van der Waals surface area contributed by atoms with Crippen molar-refractivity contribution in [2.24, 2.45) is 46.8 Å². The molecule has 4 aliphatic rings. The normalized spacial score (nSPS) is 46.5. The Hall–Kier alpha value is -1.67. The van der Waals surface area contributed by atoms with Gasteiger partial charge in [-0.1, -0.05) is 13.8 Å². The molecule has 168 valence electrons. The maximum absolute atomic E-state index is 13.5. The van der Waals surface area contributed by atoms with Crippen LogP contribution in [-0.2, 0) is 11.3 Å². The molecule has 4 saturated carbocycles. The summed E-state index contributed by atoms with van der Waals surface area (Å²) in [6.45, 7) is 7.00. The summed E-state index contributed by atoms with van der Waals surface area (Å²) in [5, 5.41) is 23.9. The highest BCUT2D eigenvalue weighted by molar-refractivity contribution is 5.82. The number of carbonyl (C=O) groups excluding carboxylic acids is 1. The van der Waals surface area contributed by atoms with Gasteiger partial charge in [-0.2, -0.15) is 10.4 Å². The Morgan fingerprint density at radius 1 is 1.23 bits per heavy atom. The number of hydrogen-bond acceptors (Lipinski definition) is 4. The van der Waals surface area contributed by atoms with Crippen LogP contribution >= 0.6 is 0 Å². The van der Waals surface area contributed by atoms with Gasteiger partial charge in [-0.15, -0.1) is 0 Å². The van der Waals surface area contributed by atoms with Crippen molar-refractivity contribution in [1.29, 1.82) is 5.26 Å². The molecule has 1 heterocycles. The van der Waals surface area contributed by atoms with Crippen LogP contribution < -0.4 is 0 Å². The van der Waals surface area contributed by atoms with E-state index in [1.54, 1.807) is 17.1 Å². The minimum Gasteiger partial charge on any atom is -0.390 e. The van der Waals surface area contributed by atoms with Gasteiger partial charge in [0.25, 0.3) is 0 Å². The number of fused-ring (bicyclic) bond motifs is 5. The second-order valence-electron chi connectivity index (χ2n) is 11.9. The molecule has 0 amide bonds. The molecule has 0 aromatic carbocycles. The molecule has 1 aromatic heterocycles. The van der Waals surface area contributed by atoms with Crippen molar-refractivity contribution >= 4 is 5.78 Å². The molecule has 0 bridgehead atoms. The fourth-order valence-corrected chi connectivity index (χ4v) is 8.90. The first-order valence-corrected chi connectivity index (χ1v) is 12.4. The Balaban J connectivity index is 1.34. The Labute approximate surface area is 186 Å². The van der Waals surface area contributed by atoms with Crippen LogP contribution in [-0.4, -0.2) is 26.3 Å². The topological polar surface area (TPSA) is 78.9 Å². The molecule has 0 radical (unpaired) electrons. The minimum atomic E-state index is -0.464. The summed E-state index contributed by atoms with van der Waals surface area (Å²) in [7, 11) is 0. The summed E-state index contributed by atoms with van der Waals surface area (Å²) in [5.74, 6) is 4.46. The number of nitriles is 1. The average molecular weight is 424 g/mol. The van der Waals surface area contributed by atoms with E-state index in [2.05, 4.69) is 25.0 Å². The van der Waals surface area contributed by atoms with Crippen molar-refractivity contribution in [2.45, 2.75) is 84.3 Å². The van der Waals surface area contributed by atoms with Crippen LogP contribution in [0.15, 0.2) is 12.4 Å². The molecule has 5 nitrogen and oxygen atoms in total. The third-order valence-electron chi connectivity index (χ3n) is 10.0. The zero-order valence-electron chi connectivity index (χ0n) is 19.3. The van der Waals surface area contributed by atoms with E-state index in [-0.39, 0.29) is 17.9 Å². The van der Waals surface area contributed by atoms with Gasteiger partial charge in [-0.25, -0.2) is 0 Å². The zero-order valence-corrected chi connectivity index (χ0v) is 19.3. The molecule has 0 saturated heterocycles. The first-order valence-electron chi connectivity index (χ1n) is 12.4. The largest absolute Gasteiger partial charge is 0.390 e. The lowest BCUT2D eigenvalue weighted by Gasteiger charge is -2.56. The predicted molar refractivity (Wildman–Crippen MR) is 118 cm³/mol. The quantitative estimate of drug-likeness (QED) is 0.771. The third-order valence-corrected chi connectivity index (χ3v) is 10.0. The van der Waals surface area contributed by atoms with Gasteiger partial charge >= 0.3 is 0 Å². The second kappa shape index (κ2) is 7.44. The number of hydrogen-bond donors (Lipinski definition) is 1. The van der Waals surface area contributed by atoms with Crippen LogP contribution in [0.4, 0.5) is 0 Å². The lowest BCUT2D eigenvalue weighted by Crippen LogP contribution is -2.51. The highest BCUT2D eigenvalue weighted by Crippen LogP contribution is 2.66. The molecule has 0 aliphatic heterocycles. The lowest BCUT2D eigenvalue weighted by atomic mass is 9.49. The Kier molecular flexibility index (Phi) is 5.09. The maximum atomic E-state index is 13.5. The summed E-state index contributed by atoms with van der Waals surface area (Å²) in [4.78, 5) is 13.5. The van der Waals surface area contributed by atoms with E-state index < -0.39 is 5.60 Å². The van der Waals surface area contributed by atoms with E-state index in [1.807, 2.05) is 6.92 Å². The first-order chi connectivity index (χ1) is 14.7. The van der Waals surface area contributed by atoms with Gasteiger partial charge < -0.3 is 5.11 Å². The van der Waals surface area contributed by atoms with Gasteiger partial charge in [-0.3, -0.25) is 9.48 Å². The van der Waals surface area contributed by atoms with Crippen molar-refractivity contribution in [3.63, 3.8) is 0 Å². The van der Waals surface area contributed by atoms with Crippen LogP contribution in [0.5, 0.6) is 0 Å². The van der Waals surface area contributed by atoms with Crippen LogP contribution in [0.3, 0.4) is 0 Å². The van der Waals surface area contributed by atoms with Crippen molar-refractivity contribution in [1.82, 2.24) is 9.78 Å². The predicted octanol–water partition coefficient (Wildman–Crippen LogP) is 4.59. The van der Waals surface area contributed by atoms with Crippen LogP contribution in [0.25, 0.3) is 0 Å². The van der Waals surface area contributed by atoms with E-state index in [0.29, 0.717) is 29.1 Å². The standard InChI is InChI=1S/C26H37N3O2/c1-16-10-22-21-5-4-18-11-25(2,31)8-6-19(18)20(21)7-9-26(22,3)24(16)23(30)15-29-14-17(12-27)13-28-29/h13-14,16,18-22,24,31H,4-11,15H2,1-3H3/t16-,18-,19+,20-,21-,22+,24?,25-,26+/m1/s1. The van der Waals surface area contributed by atoms with E-state index in [4.69, 9.17) is 5.26 Å². The molecule has 4 aliphatic carbocycles. The fourth-order valence-electron chi connectivity index (χ4n) is 8.90. The van der Waals surface area contributed by atoms with E-state index in [9.17, 15) is 9.90 Å². The average Bonchev–Trinajstić information content (AvgIpc) is 3.27. The highest BCUT2D eigenvalue weighted by Gasteiger charge is 2.60. The molecule has 1 aromatic rings. The van der Waals surface area contributed by atoms with E-state index in [1.165, 1.54) is 32.1 Å². The van der Waals surface area contributed by atoms with Crippen molar-refractivity contribution in [3.8, 4) is 6.07 Å². The SMILES string of the molecule is C[C@@H]1C[C@H]2[C@@H]3CC[C@@H]4C[C@](C)(O)CC[C@@H]4[C@H]3CC[C@]2(C)C1C(=O)Cn1cc(C#N)cn1. The third kappa shape index (κ3) is 3.46. The van der Waals surface area contributed by atoms with Gasteiger partial charge in [0.15, 0.2) is 5.78 Å². The molecule has 31 heavy (non-hydrogen) atoms. The Bertz CT molecular complexity index is 899. The van der Waals surface area contributed by atoms with Crippen LogP contribution in [0.2, 0.25) is 0 Å². The van der Waals surface area contributed by atoms with E-state index >= 15 is 0 Å². The minimum absolute atomic E-state index is 0.0931. The number of rotatable bonds is 3. The number of carbonyl (C=O) groups is 1. The van der Waals surface area contributed by atoms with Crippen molar-refractivity contribution < 1.29 is 9.90 Å². The van der Waals surface area contributed by atoms with Crippen molar-refractivity contribution in [3.05, 3.63) is 18.0 Å². The summed E-state index contributed by atoms with van der Waals surface area (Å²) >= 11 is 0. The monoisotopic (exact) mass is 423 g/mol. The van der Waals surface area contributed by atoms with Crippen molar-refractivity contribution in [2.75, 3.05) is 0 Å². The molecular formula is C26H37N3O2. The summed E-state index contributed by atoms with van der Waals surface area (Å²) in [5.41, 5.74) is 0.143. The van der Waals surface area contributed by atoms with Gasteiger partial charge in [0, 0.05) is 12.1 Å². The van der Waals surface area contributed by atoms with Gasteiger partial charge in [0.2, 0.25) is 0 Å². The fraction of sp³-hybridized carbons (Fsp3) is 0.808. The molecule has 0 spiro atoms. The van der Waals surface area contributed by atoms with Gasteiger partial charge in [-0.05, 0) is 99.2 Å². The molecule has 5 heteroatoms. The second-order valence-corrected chi connectivity index (χ2v) is 11.9. The van der Waals surface area contributed by atoms with E-state index in [0.717, 1.165) is 37.0 Å². The summed E-state index contributed by atoms with van der Waals surface area (Å²) in [6, 6.07) is 2.10. The lowest BCUT2D eigenvalue weighted by molar-refractivity contribution is -0.134. The molecular weight excluding hydrogens is 386 g/mol.